The van der Waals surface area contributed by atoms with E-state index in [2.05, 4.69) is 41.4 Å². The molecule has 18 heavy (non-hydrogen) atoms. The van der Waals surface area contributed by atoms with Gasteiger partial charge in [-0.2, -0.15) is 0 Å². The van der Waals surface area contributed by atoms with E-state index >= 15 is 0 Å². The van der Waals surface area contributed by atoms with Gasteiger partial charge in [0.15, 0.2) is 0 Å². The summed E-state index contributed by atoms with van der Waals surface area (Å²) in [4.78, 5) is 7.16. The van der Waals surface area contributed by atoms with Crippen LogP contribution in [-0.4, -0.2) is 41.6 Å². The van der Waals surface area contributed by atoms with Gasteiger partial charge >= 0.3 is 0 Å². The first kappa shape index (κ1) is 14.0. The minimum Gasteiger partial charge on any atom is -0.314 e. The summed E-state index contributed by atoms with van der Waals surface area (Å²) in [5.41, 5.74) is 1.26. The van der Waals surface area contributed by atoms with Crippen molar-refractivity contribution >= 4 is 11.3 Å². The van der Waals surface area contributed by atoms with Crippen molar-refractivity contribution in [2.24, 2.45) is 0 Å². The minimum absolute atomic E-state index is 0.697. The Hall–Kier alpha value is -0.450. The van der Waals surface area contributed by atoms with Gasteiger partial charge in [0, 0.05) is 30.4 Å². The predicted octanol–water partition coefficient (Wildman–Crippen LogP) is 2.46. The Kier molecular flexibility index (Phi) is 5.15. The normalized spacial score (nSPS) is 25.5. The van der Waals surface area contributed by atoms with Gasteiger partial charge in [-0.25, -0.2) is 4.98 Å². The van der Waals surface area contributed by atoms with Crippen molar-refractivity contribution in [2.75, 3.05) is 19.6 Å². The largest absolute Gasteiger partial charge is 0.314 e. The van der Waals surface area contributed by atoms with Crippen molar-refractivity contribution in [3.05, 3.63) is 16.1 Å². The number of piperidine rings is 1. The van der Waals surface area contributed by atoms with Crippen molar-refractivity contribution < 1.29 is 0 Å². The van der Waals surface area contributed by atoms with Gasteiger partial charge < -0.3 is 10.2 Å². The van der Waals surface area contributed by atoms with Gasteiger partial charge in [-0.05, 0) is 39.8 Å². The van der Waals surface area contributed by atoms with Crippen LogP contribution in [-0.2, 0) is 6.42 Å². The van der Waals surface area contributed by atoms with Crippen molar-refractivity contribution in [3.8, 4) is 0 Å². The summed E-state index contributed by atoms with van der Waals surface area (Å²) in [5, 5.41) is 6.96. The molecular weight excluding hydrogens is 242 g/mol. The standard InChI is InChI=1S/C14H25N3S/c1-4-15-13-5-7-17(11(2)9-13)8-6-14-10-18-12(3)16-14/h10-11,13,15H,4-9H2,1-3H3. The molecule has 1 saturated heterocycles. The minimum atomic E-state index is 0.697. The van der Waals surface area contributed by atoms with E-state index in [0.717, 1.165) is 25.6 Å². The number of hydrogen-bond donors (Lipinski definition) is 1. The number of aromatic nitrogens is 1. The van der Waals surface area contributed by atoms with Crippen LogP contribution in [0.5, 0.6) is 0 Å². The SMILES string of the molecule is CCNC1CCN(CCc2csc(C)n2)C(C)C1. The number of rotatable bonds is 5. The highest BCUT2D eigenvalue weighted by Gasteiger charge is 2.24. The lowest BCUT2D eigenvalue weighted by Crippen LogP contribution is -2.47. The predicted molar refractivity (Wildman–Crippen MR) is 78.3 cm³/mol. The topological polar surface area (TPSA) is 28.2 Å². The molecule has 2 unspecified atom stereocenters. The van der Waals surface area contributed by atoms with E-state index in [1.165, 1.54) is 30.1 Å². The van der Waals surface area contributed by atoms with E-state index in [9.17, 15) is 0 Å². The van der Waals surface area contributed by atoms with Gasteiger partial charge in [-0.3, -0.25) is 0 Å². The number of nitrogens with zero attached hydrogens (tertiary/aromatic N) is 2. The van der Waals surface area contributed by atoms with Gasteiger partial charge in [-0.15, -0.1) is 11.3 Å². The highest BCUT2D eigenvalue weighted by atomic mass is 32.1. The average Bonchev–Trinajstić information content (AvgIpc) is 2.74. The fourth-order valence-corrected chi connectivity index (χ4v) is 3.46. The molecule has 2 rings (SSSR count). The maximum absolute atomic E-state index is 4.54. The Morgan fingerprint density at radius 2 is 2.39 bits per heavy atom. The van der Waals surface area contributed by atoms with E-state index in [-0.39, 0.29) is 0 Å². The first-order chi connectivity index (χ1) is 8.69. The molecule has 1 aliphatic heterocycles. The summed E-state index contributed by atoms with van der Waals surface area (Å²) in [6.07, 6.45) is 3.67. The fraction of sp³-hybridized carbons (Fsp3) is 0.786. The summed E-state index contributed by atoms with van der Waals surface area (Å²) < 4.78 is 0. The summed E-state index contributed by atoms with van der Waals surface area (Å²) in [5.74, 6) is 0. The maximum atomic E-state index is 4.54. The third kappa shape index (κ3) is 3.77. The summed E-state index contributed by atoms with van der Waals surface area (Å²) >= 11 is 1.76. The van der Waals surface area contributed by atoms with Crippen LogP contribution >= 0.6 is 11.3 Å². The van der Waals surface area contributed by atoms with Crippen molar-refractivity contribution in [1.82, 2.24) is 15.2 Å². The van der Waals surface area contributed by atoms with Gasteiger partial charge in [0.2, 0.25) is 0 Å². The van der Waals surface area contributed by atoms with Crippen LogP contribution < -0.4 is 5.32 Å². The second-order valence-electron chi connectivity index (χ2n) is 5.27. The second-order valence-corrected chi connectivity index (χ2v) is 6.33. The maximum Gasteiger partial charge on any atom is 0.0897 e. The van der Waals surface area contributed by atoms with Gasteiger partial charge in [0.25, 0.3) is 0 Å². The molecule has 0 bridgehead atoms. The fourth-order valence-electron chi connectivity index (χ4n) is 2.81. The Balaban J connectivity index is 1.77. The Bertz CT molecular complexity index is 364. The number of thiazole rings is 1. The zero-order valence-corrected chi connectivity index (χ0v) is 12.6. The van der Waals surface area contributed by atoms with E-state index in [4.69, 9.17) is 0 Å². The van der Waals surface area contributed by atoms with Crippen LogP contribution in [0, 0.1) is 6.92 Å². The molecule has 0 radical (unpaired) electrons. The van der Waals surface area contributed by atoms with Crippen LogP contribution in [0.25, 0.3) is 0 Å². The molecule has 2 atom stereocenters. The molecule has 1 fully saturated rings. The molecule has 0 aromatic carbocycles. The lowest BCUT2D eigenvalue weighted by molar-refractivity contribution is 0.138. The van der Waals surface area contributed by atoms with Crippen molar-refractivity contribution in [2.45, 2.75) is 52.1 Å². The zero-order chi connectivity index (χ0) is 13.0. The van der Waals surface area contributed by atoms with E-state index in [1.54, 1.807) is 11.3 Å². The van der Waals surface area contributed by atoms with E-state index in [1.807, 2.05) is 0 Å². The van der Waals surface area contributed by atoms with Crippen molar-refractivity contribution in [3.63, 3.8) is 0 Å². The Morgan fingerprint density at radius 3 is 3.00 bits per heavy atom. The van der Waals surface area contributed by atoms with Crippen LogP contribution in [0.15, 0.2) is 5.38 Å². The zero-order valence-electron chi connectivity index (χ0n) is 11.8. The smallest absolute Gasteiger partial charge is 0.0897 e. The van der Waals surface area contributed by atoms with E-state index < -0.39 is 0 Å². The average molecular weight is 267 g/mol. The van der Waals surface area contributed by atoms with E-state index in [0.29, 0.717) is 6.04 Å². The molecule has 4 heteroatoms. The lowest BCUT2D eigenvalue weighted by atomic mass is 9.98. The van der Waals surface area contributed by atoms with Crippen LogP contribution in [0.3, 0.4) is 0 Å². The molecule has 1 N–H and O–H groups in total. The molecule has 1 aromatic heterocycles. The van der Waals surface area contributed by atoms with Gasteiger partial charge in [0.1, 0.15) is 0 Å². The first-order valence-corrected chi connectivity index (χ1v) is 7.95. The molecule has 1 aliphatic rings. The molecule has 102 valence electrons. The monoisotopic (exact) mass is 267 g/mol. The van der Waals surface area contributed by atoms with Crippen LogP contribution in [0.4, 0.5) is 0 Å². The highest BCUT2D eigenvalue weighted by molar-refractivity contribution is 7.09. The molecule has 0 spiro atoms. The lowest BCUT2D eigenvalue weighted by Gasteiger charge is -2.37. The first-order valence-electron chi connectivity index (χ1n) is 7.07. The van der Waals surface area contributed by atoms with Crippen LogP contribution in [0.2, 0.25) is 0 Å². The molecule has 2 heterocycles. The Labute approximate surface area is 115 Å². The molecule has 0 saturated carbocycles. The summed E-state index contributed by atoms with van der Waals surface area (Å²) in [6.45, 7) is 10.1. The number of aryl methyl sites for hydroxylation is 1. The third-order valence-electron chi connectivity index (χ3n) is 3.83. The van der Waals surface area contributed by atoms with Crippen molar-refractivity contribution in [1.29, 1.82) is 0 Å². The second kappa shape index (κ2) is 6.64. The molecule has 3 nitrogen and oxygen atoms in total. The molecule has 0 aliphatic carbocycles. The number of hydrogen-bond acceptors (Lipinski definition) is 4. The summed E-state index contributed by atoms with van der Waals surface area (Å²) in [6, 6.07) is 1.42. The number of nitrogens with one attached hydrogen (secondary N) is 1. The number of likely N-dealkylation sites (tertiary alicyclic amines) is 1. The third-order valence-corrected chi connectivity index (χ3v) is 4.65. The molecular formula is C14H25N3S. The van der Waals surface area contributed by atoms with Gasteiger partial charge in [-0.1, -0.05) is 6.92 Å². The van der Waals surface area contributed by atoms with Crippen LogP contribution in [0.1, 0.15) is 37.4 Å². The summed E-state index contributed by atoms with van der Waals surface area (Å²) in [7, 11) is 0. The molecule has 0 amide bonds. The highest BCUT2D eigenvalue weighted by Crippen LogP contribution is 2.18. The van der Waals surface area contributed by atoms with Gasteiger partial charge in [0.05, 0.1) is 10.7 Å². The quantitative estimate of drug-likeness (QED) is 0.888. The molecule has 1 aromatic rings. The Morgan fingerprint density at radius 1 is 1.56 bits per heavy atom.